The summed E-state index contributed by atoms with van der Waals surface area (Å²) in [7, 11) is 0. The SMILES string of the molecule is CC1CCC(CNc2ccc3nnc(-c4cccnc4)n3n2)O1. The van der Waals surface area contributed by atoms with Crippen LogP contribution in [0.1, 0.15) is 19.8 Å². The van der Waals surface area contributed by atoms with Crippen LogP contribution < -0.4 is 5.32 Å². The molecule has 0 bridgehead atoms. The molecule has 1 N–H and O–H groups in total. The molecule has 4 rings (SSSR count). The van der Waals surface area contributed by atoms with Gasteiger partial charge in [0.25, 0.3) is 0 Å². The molecule has 1 aliphatic heterocycles. The van der Waals surface area contributed by atoms with Crippen LogP contribution in [0.4, 0.5) is 5.82 Å². The van der Waals surface area contributed by atoms with E-state index < -0.39 is 0 Å². The molecule has 0 aliphatic carbocycles. The molecule has 3 aromatic heterocycles. The number of hydrogen-bond donors (Lipinski definition) is 1. The van der Waals surface area contributed by atoms with E-state index in [1.165, 1.54) is 0 Å². The fourth-order valence-corrected chi connectivity index (χ4v) is 2.81. The highest BCUT2D eigenvalue weighted by Gasteiger charge is 2.21. The molecule has 4 heterocycles. The molecular formula is C16H18N6O. The molecule has 1 saturated heterocycles. The number of hydrogen-bond acceptors (Lipinski definition) is 6. The van der Waals surface area contributed by atoms with E-state index >= 15 is 0 Å². The third kappa shape index (κ3) is 2.87. The van der Waals surface area contributed by atoms with Gasteiger partial charge in [-0.2, -0.15) is 4.52 Å². The van der Waals surface area contributed by atoms with Crippen LogP contribution in [0.25, 0.3) is 17.0 Å². The monoisotopic (exact) mass is 310 g/mol. The first kappa shape index (κ1) is 14.1. The van der Waals surface area contributed by atoms with Crippen molar-refractivity contribution in [3.63, 3.8) is 0 Å². The predicted octanol–water partition coefficient (Wildman–Crippen LogP) is 2.17. The summed E-state index contributed by atoms with van der Waals surface area (Å²) in [6.07, 6.45) is 6.30. The molecule has 2 unspecified atom stereocenters. The van der Waals surface area contributed by atoms with Crippen LogP contribution in [-0.4, -0.2) is 43.5 Å². The summed E-state index contributed by atoms with van der Waals surface area (Å²) in [5.41, 5.74) is 1.60. The largest absolute Gasteiger partial charge is 0.373 e. The second kappa shape index (κ2) is 5.92. The Morgan fingerprint density at radius 3 is 3.00 bits per heavy atom. The van der Waals surface area contributed by atoms with Crippen LogP contribution in [0.15, 0.2) is 36.7 Å². The number of pyridine rings is 1. The van der Waals surface area contributed by atoms with Crippen molar-refractivity contribution in [3.05, 3.63) is 36.7 Å². The molecule has 0 radical (unpaired) electrons. The number of aromatic nitrogens is 5. The maximum atomic E-state index is 5.82. The van der Waals surface area contributed by atoms with E-state index in [0.717, 1.165) is 30.8 Å². The van der Waals surface area contributed by atoms with E-state index in [1.807, 2.05) is 24.3 Å². The van der Waals surface area contributed by atoms with Gasteiger partial charge < -0.3 is 10.1 Å². The van der Waals surface area contributed by atoms with Gasteiger partial charge in [-0.15, -0.1) is 15.3 Å². The molecule has 3 aromatic rings. The number of ether oxygens (including phenoxy) is 1. The maximum Gasteiger partial charge on any atom is 0.187 e. The Kier molecular flexibility index (Phi) is 3.63. The molecule has 0 aromatic carbocycles. The highest BCUT2D eigenvalue weighted by molar-refractivity contribution is 5.58. The third-order valence-corrected chi connectivity index (χ3v) is 4.01. The summed E-state index contributed by atoms with van der Waals surface area (Å²) in [4.78, 5) is 4.12. The lowest BCUT2D eigenvalue weighted by Crippen LogP contribution is -2.20. The van der Waals surface area contributed by atoms with Gasteiger partial charge in [-0.3, -0.25) is 4.98 Å². The average molecular weight is 310 g/mol. The Morgan fingerprint density at radius 2 is 2.22 bits per heavy atom. The van der Waals surface area contributed by atoms with Gasteiger partial charge in [0, 0.05) is 24.5 Å². The van der Waals surface area contributed by atoms with Crippen LogP contribution in [0.2, 0.25) is 0 Å². The third-order valence-electron chi connectivity index (χ3n) is 4.01. The Hall–Kier alpha value is -2.54. The van der Waals surface area contributed by atoms with Gasteiger partial charge in [0.05, 0.1) is 12.2 Å². The van der Waals surface area contributed by atoms with Crippen molar-refractivity contribution >= 4 is 11.5 Å². The molecule has 1 fully saturated rings. The predicted molar refractivity (Wildman–Crippen MR) is 86.1 cm³/mol. The quantitative estimate of drug-likeness (QED) is 0.796. The van der Waals surface area contributed by atoms with E-state index in [9.17, 15) is 0 Å². The van der Waals surface area contributed by atoms with Gasteiger partial charge in [0.15, 0.2) is 11.5 Å². The van der Waals surface area contributed by atoms with Gasteiger partial charge in [0.1, 0.15) is 5.82 Å². The summed E-state index contributed by atoms with van der Waals surface area (Å²) in [6, 6.07) is 7.63. The highest BCUT2D eigenvalue weighted by atomic mass is 16.5. The van der Waals surface area contributed by atoms with Crippen molar-refractivity contribution in [1.82, 2.24) is 24.8 Å². The Labute approximate surface area is 133 Å². The first-order chi connectivity index (χ1) is 11.3. The van der Waals surface area contributed by atoms with Crippen LogP contribution >= 0.6 is 0 Å². The van der Waals surface area contributed by atoms with Crippen LogP contribution in [0.3, 0.4) is 0 Å². The Morgan fingerprint density at radius 1 is 1.26 bits per heavy atom. The van der Waals surface area contributed by atoms with Crippen molar-refractivity contribution in [2.75, 3.05) is 11.9 Å². The van der Waals surface area contributed by atoms with Crippen molar-refractivity contribution in [2.24, 2.45) is 0 Å². The van der Waals surface area contributed by atoms with Gasteiger partial charge in [-0.25, -0.2) is 0 Å². The van der Waals surface area contributed by atoms with Gasteiger partial charge >= 0.3 is 0 Å². The van der Waals surface area contributed by atoms with Crippen molar-refractivity contribution in [1.29, 1.82) is 0 Å². The molecule has 7 heteroatoms. The number of nitrogens with one attached hydrogen (secondary N) is 1. The van der Waals surface area contributed by atoms with Crippen LogP contribution in [-0.2, 0) is 4.74 Å². The van der Waals surface area contributed by atoms with E-state index in [1.54, 1.807) is 16.9 Å². The molecule has 7 nitrogen and oxygen atoms in total. The summed E-state index contributed by atoms with van der Waals surface area (Å²) in [5, 5.41) is 16.3. The van der Waals surface area contributed by atoms with E-state index in [-0.39, 0.29) is 6.10 Å². The van der Waals surface area contributed by atoms with Crippen LogP contribution in [0.5, 0.6) is 0 Å². The lowest BCUT2D eigenvalue weighted by Gasteiger charge is -2.12. The molecule has 0 amide bonds. The number of rotatable bonds is 4. The Bertz CT molecular complexity index is 803. The minimum atomic E-state index is 0.251. The lowest BCUT2D eigenvalue weighted by atomic mass is 10.2. The van der Waals surface area contributed by atoms with E-state index in [4.69, 9.17) is 4.74 Å². The summed E-state index contributed by atoms with van der Waals surface area (Å²) >= 11 is 0. The first-order valence-electron chi connectivity index (χ1n) is 7.82. The van der Waals surface area contributed by atoms with Crippen molar-refractivity contribution < 1.29 is 4.74 Å². The molecule has 118 valence electrons. The maximum absolute atomic E-state index is 5.82. The summed E-state index contributed by atoms with van der Waals surface area (Å²) in [6.45, 7) is 2.87. The molecule has 2 atom stereocenters. The van der Waals surface area contributed by atoms with Crippen molar-refractivity contribution in [2.45, 2.75) is 32.0 Å². The molecule has 0 spiro atoms. The molecule has 23 heavy (non-hydrogen) atoms. The second-order valence-corrected chi connectivity index (χ2v) is 5.78. The fourth-order valence-electron chi connectivity index (χ4n) is 2.81. The second-order valence-electron chi connectivity index (χ2n) is 5.78. The fraction of sp³-hybridized carbons (Fsp3) is 0.375. The zero-order valence-corrected chi connectivity index (χ0v) is 12.9. The average Bonchev–Trinajstić information content (AvgIpc) is 3.19. The normalized spacial score (nSPS) is 20.9. The van der Waals surface area contributed by atoms with Gasteiger partial charge in [-0.1, -0.05) is 0 Å². The zero-order chi connectivity index (χ0) is 15.6. The van der Waals surface area contributed by atoms with Crippen molar-refractivity contribution in [3.8, 4) is 11.4 Å². The van der Waals surface area contributed by atoms with Crippen LogP contribution in [0, 0.1) is 0 Å². The molecule has 0 saturated carbocycles. The number of nitrogens with zero attached hydrogens (tertiary/aromatic N) is 5. The number of fused-ring (bicyclic) bond motifs is 1. The van der Waals surface area contributed by atoms with Gasteiger partial charge in [-0.05, 0) is 44.0 Å². The minimum absolute atomic E-state index is 0.251. The van der Waals surface area contributed by atoms with Gasteiger partial charge in [0.2, 0.25) is 0 Å². The van der Waals surface area contributed by atoms with E-state index in [0.29, 0.717) is 17.6 Å². The smallest absolute Gasteiger partial charge is 0.187 e. The summed E-state index contributed by atoms with van der Waals surface area (Å²) in [5.74, 6) is 1.47. The minimum Gasteiger partial charge on any atom is -0.373 e. The highest BCUT2D eigenvalue weighted by Crippen LogP contribution is 2.20. The summed E-state index contributed by atoms with van der Waals surface area (Å²) < 4.78 is 7.55. The zero-order valence-electron chi connectivity index (χ0n) is 12.9. The molecule has 1 aliphatic rings. The number of anilines is 1. The standard InChI is InChI=1S/C16H18N6O/c1-11-4-5-13(23-11)10-18-14-6-7-15-19-20-16(22(15)21-14)12-3-2-8-17-9-12/h2-3,6-9,11,13H,4-5,10H2,1H3,(H,18,21). The lowest BCUT2D eigenvalue weighted by molar-refractivity contribution is 0.0636. The topological polar surface area (TPSA) is 77.2 Å². The molecular weight excluding hydrogens is 292 g/mol. The first-order valence-corrected chi connectivity index (χ1v) is 7.82. The van der Waals surface area contributed by atoms with E-state index in [2.05, 4.69) is 32.5 Å². The Balaban J connectivity index is 1.57.